The van der Waals surface area contributed by atoms with Gasteiger partial charge in [-0.15, -0.1) is 11.8 Å². The molecule has 0 aromatic heterocycles. The number of likely N-dealkylation sites (tertiary alicyclic amines) is 1. The van der Waals surface area contributed by atoms with E-state index in [9.17, 15) is 14.7 Å². The highest BCUT2D eigenvalue weighted by Gasteiger charge is 2.35. The quantitative estimate of drug-likeness (QED) is 0.593. The summed E-state index contributed by atoms with van der Waals surface area (Å²) in [6, 6.07) is 14.3. The van der Waals surface area contributed by atoms with Gasteiger partial charge in [-0.2, -0.15) is 0 Å². The SMILES string of the molecule is Cc1ccc(SCCNC(=O)C2CCCN2C(=O)c2ccccc2O)cc1. The van der Waals surface area contributed by atoms with Crippen LogP contribution >= 0.6 is 11.8 Å². The molecule has 1 unspecified atom stereocenters. The van der Waals surface area contributed by atoms with E-state index >= 15 is 0 Å². The summed E-state index contributed by atoms with van der Waals surface area (Å²) in [6.45, 7) is 3.13. The summed E-state index contributed by atoms with van der Waals surface area (Å²) >= 11 is 1.69. The zero-order chi connectivity index (χ0) is 19.2. The largest absolute Gasteiger partial charge is 0.507 e. The fraction of sp³-hybridized carbons (Fsp3) is 0.333. The third-order valence-corrected chi connectivity index (χ3v) is 5.66. The van der Waals surface area contributed by atoms with E-state index in [1.807, 2.05) is 0 Å². The van der Waals surface area contributed by atoms with E-state index in [1.165, 1.54) is 16.5 Å². The third kappa shape index (κ3) is 4.83. The molecular weight excluding hydrogens is 360 g/mol. The molecular formula is C21H24N2O3S. The Labute approximate surface area is 163 Å². The number of nitrogens with one attached hydrogen (secondary N) is 1. The molecule has 1 saturated heterocycles. The minimum atomic E-state index is -0.471. The fourth-order valence-corrected chi connectivity index (χ4v) is 3.96. The van der Waals surface area contributed by atoms with Crippen molar-refractivity contribution < 1.29 is 14.7 Å². The van der Waals surface area contributed by atoms with Gasteiger partial charge in [-0.3, -0.25) is 9.59 Å². The van der Waals surface area contributed by atoms with E-state index in [-0.39, 0.29) is 23.1 Å². The molecule has 5 nitrogen and oxygen atoms in total. The number of para-hydroxylation sites is 1. The molecule has 1 aliphatic heterocycles. The maximum absolute atomic E-state index is 12.7. The van der Waals surface area contributed by atoms with Crippen molar-refractivity contribution in [2.75, 3.05) is 18.8 Å². The topological polar surface area (TPSA) is 69.6 Å². The molecule has 3 rings (SSSR count). The molecule has 2 aromatic rings. The van der Waals surface area contributed by atoms with E-state index in [4.69, 9.17) is 0 Å². The molecule has 142 valence electrons. The summed E-state index contributed by atoms with van der Waals surface area (Å²) in [4.78, 5) is 28.0. The second-order valence-electron chi connectivity index (χ2n) is 6.63. The highest BCUT2D eigenvalue weighted by Crippen LogP contribution is 2.24. The molecule has 1 fully saturated rings. The number of nitrogens with zero attached hydrogens (tertiary/aromatic N) is 1. The molecule has 2 aromatic carbocycles. The number of amides is 2. The lowest BCUT2D eigenvalue weighted by Crippen LogP contribution is -2.46. The average molecular weight is 385 g/mol. The predicted molar refractivity (Wildman–Crippen MR) is 107 cm³/mol. The highest BCUT2D eigenvalue weighted by atomic mass is 32.2. The van der Waals surface area contributed by atoms with Crippen LogP contribution in [0.5, 0.6) is 5.75 Å². The molecule has 0 radical (unpaired) electrons. The molecule has 0 aliphatic carbocycles. The fourth-order valence-electron chi connectivity index (χ4n) is 3.19. The number of hydrogen-bond donors (Lipinski definition) is 2. The van der Waals surface area contributed by atoms with E-state index < -0.39 is 6.04 Å². The van der Waals surface area contributed by atoms with Gasteiger partial charge in [0, 0.05) is 23.7 Å². The van der Waals surface area contributed by atoms with Crippen molar-refractivity contribution in [1.29, 1.82) is 0 Å². The normalized spacial score (nSPS) is 16.3. The Morgan fingerprint density at radius 2 is 1.93 bits per heavy atom. The lowest BCUT2D eigenvalue weighted by Gasteiger charge is -2.24. The number of benzene rings is 2. The Balaban J connectivity index is 1.52. The molecule has 2 amide bonds. The molecule has 1 heterocycles. The standard InChI is InChI=1S/C21H24N2O3S/c1-15-8-10-16(11-9-15)27-14-12-22-20(25)18-6-4-13-23(18)21(26)17-5-2-3-7-19(17)24/h2-3,5,7-11,18,24H,4,6,12-14H2,1H3,(H,22,25). The highest BCUT2D eigenvalue weighted by molar-refractivity contribution is 7.99. The summed E-state index contributed by atoms with van der Waals surface area (Å²) in [5.74, 6) is 0.304. The van der Waals surface area contributed by atoms with Gasteiger partial charge >= 0.3 is 0 Å². The van der Waals surface area contributed by atoms with Crippen molar-refractivity contribution in [2.24, 2.45) is 0 Å². The van der Waals surface area contributed by atoms with E-state index in [0.29, 0.717) is 19.5 Å². The van der Waals surface area contributed by atoms with E-state index in [0.717, 1.165) is 12.2 Å². The average Bonchev–Trinajstić information content (AvgIpc) is 3.16. The van der Waals surface area contributed by atoms with E-state index in [2.05, 4.69) is 36.5 Å². The van der Waals surface area contributed by atoms with Crippen LogP contribution in [0.25, 0.3) is 0 Å². The van der Waals surface area contributed by atoms with Crippen LogP contribution in [0.15, 0.2) is 53.4 Å². The van der Waals surface area contributed by atoms with Crippen LogP contribution in [0.1, 0.15) is 28.8 Å². The first-order chi connectivity index (χ1) is 13.1. The summed E-state index contributed by atoms with van der Waals surface area (Å²) < 4.78 is 0. The van der Waals surface area contributed by atoms with Crippen LogP contribution in [0.4, 0.5) is 0 Å². The number of aryl methyl sites for hydroxylation is 1. The molecule has 1 atom stereocenters. The molecule has 0 bridgehead atoms. The van der Waals surface area contributed by atoms with Crippen molar-refractivity contribution in [3.63, 3.8) is 0 Å². The van der Waals surface area contributed by atoms with Crippen LogP contribution in [0.2, 0.25) is 0 Å². The van der Waals surface area contributed by atoms with Gasteiger partial charge in [0.2, 0.25) is 5.91 Å². The summed E-state index contributed by atoms with van der Waals surface area (Å²) in [7, 11) is 0. The Kier molecular flexibility index (Phi) is 6.40. The molecule has 0 spiro atoms. The number of thioether (sulfide) groups is 1. The maximum Gasteiger partial charge on any atom is 0.258 e. The number of phenolic OH excluding ortho intramolecular Hbond substituents is 1. The maximum atomic E-state index is 12.7. The van der Waals surface area contributed by atoms with Crippen LogP contribution in [0, 0.1) is 6.92 Å². The van der Waals surface area contributed by atoms with Crippen LogP contribution in [-0.4, -0.2) is 46.7 Å². The smallest absolute Gasteiger partial charge is 0.258 e. The van der Waals surface area contributed by atoms with Crippen LogP contribution in [-0.2, 0) is 4.79 Å². The van der Waals surface area contributed by atoms with Crippen molar-refractivity contribution in [3.8, 4) is 5.75 Å². The first kappa shape index (κ1) is 19.3. The van der Waals surface area contributed by atoms with Crippen molar-refractivity contribution >= 4 is 23.6 Å². The van der Waals surface area contributed by atoms with Crippen molar-refractivity contribution in [3.05, 3.63) is 59.7 Å². The van der Waals surface area contributed by atoms with Gasteiger partial charge in [-0.1, -0.05) is 29.8 Å². The van der Waals surface area contributed by atoms with E-state index in [1.54, 1.807) is 34.9 Å². The van der Waals surface area contributed by atoms with Gasteiger partial charge in [-0.05, 0) is 44.0 Å². The number of phenols is 1. The number of hydrogen-bond acceptors (Lipinski definition) is 4. The molecule has 6 heteroatoms. The number of carbonyl (C=O) groups is 2. The van der Waals surface area contributed by atoms with Crippen LogP contribution < -0.4 is 5.32 Å². The third-order valence-electron chi connectivity index (χ3n) is 4.64. The van der Waals surface area contributed by atoms with Gasteiger partial charge in [0.1, 0.15) is 11.8 Å². The molecule has 2 N–H and O–H groups in total. The minimum Gasteiger partial charge on any atom is -0.507 e. The minimum absolute atomic E-state index is 0.0527. The summed E-state index contributed by atoms with van der Waals surface area (Å²) in [6.07, 6.45) is 1.44. The monoisotopic (exact) mass is 384 g/mol. The zero-order valence-electron chi connectivity index (χ0n) is 15.4. The predicted octanol–water partition coefficient (Wildman–Crippen LogP) is 3.21. The molecule has 1 aliphatic rings. The number of rotatable bonds is 6. The van der Waals surface area contributed by atoms with Gasteiger partial charge in [-0.25, -0.2) is 0 Å². The first-order valence-corrected chi connectivity index (χ1v) is 10.1. The first-order valence-electron chi connectivity index (χ1n) is 9.12. The zero-order valence-corrected chi connectivity index (χ0v) is 16.2. The van der Waals surface area contributed by atoms with Gasteiger partial charge in [0.25, 0.3) is 5.91 Å². The van der Waals surface area contributed by atoms with Gasteiger partial charge in [0.05, 0.1) is 5.56 Å². The number of carbonyl (C=O) groups excluding carboxylic acids is 2. The van der Waals surface area contributed by atoms with Crippen molar-refractivity contribution in [2.45, 2.75) is 30.7 Å². The lowest BCUT2D eigenvalue weighted by molar-refractivity contribution is -0.124. The summed E-state index contributed by atoms with van der Waals surface area (Å²) in [5.41, 5.74) is 1.47. The van der Waals surface area contributed by atoms with Gasteiger partial charge in [0.15, 0.2) is 0 Å². The summed E-state index contributed by atoms with van der Waals surface area (Å²) in [5, 5.41) is 12.9. The Bertz CT molecular complexity index is 807. The lowest BCUT2D eigenvalue weighted by atomic mass is 10.1. The Morgan fingerprint density at radius 1 is 1.19 bits per heavy atom. The Morgan fingerprint density at radius 3 is 2.67 bits per heavy atom. The molecule has 0 saturated carbocycles. The van der Waals surface area contributed by atoms with Gasteiger partial charge < -0.3 is 15.3 Å². The molecule has 27 heavy (non-hydrogen) atoms. The number of aromatic hydroxyl groups is 1. The Hall–Kier alpha value is -2.47. The second-order valence-corrected chi connectivity index (χ2v) is 7.79. The van der Waals surface area contributed by atoms with Crippen LogP contribution in [0.3, 0.4) is 0 Å². The second kappa shape index (κ2) is 8.95. The van der Waals surface area contributed by atoms with Crippen molar-refractivity contribution in [1.82, 2.24) is 10.2 Å².